The molecular weight excluding hydrogens is 685 g/mol. The molecule has 0 bridgehead atoms. The van der Waals surface area contributed by atoms with Gasteiger partial charge in [-0.05, 0) is 105 Å². The van der Waals surface area contributed by atoms with Crippen LogP contribution in [-0.2, 0) is 0 Å². The molecule has 56 heavy (non-hydrogen) atoms. The second-order valence-electron chi connectivity index (χ2n) is 14.1. The number of hydrogen-bond donors (Lipinski definition) is 0. The molecule has 9 aromatic rings. The summed E-state index contributed by atoms with van der Waals surface area (Å²) in [5.41, 5.74) is 12.9. The zero-order chi connectivity index (χ0) is 37.0. The summed E-state index contributed by atoms with van der Waals surface area (Å²) in [7, 11) is 0. The molecular formula is C52H34N2O2. The van der Waals surface area contributed by atoms with Crippen molar-refractivity contribution < 1.29 is 9.47 Å². The molecule has 264 valence electrons. The van der Waals surface area contributed by atoms with Crippen LogP contribution in [0.2, 0.25) is 0 Å². The molecule has 9 aromatic carbocycles. The van der Waals surface area contributed by atoms with Crippen molar-refractivity contribution in [1.82, 2.24) is 0 Å². The van der Waals surface area contributed by atoms with Crippen molar-refractivity contribution in [3.8, 4) is 56.4 Å². The van der Waals surface area contributed by atoms with Crippen molar-refractivity contribution in [2.45, 2.75) is 0 Å². The Bertz CT molecular complexity index is 2850. The number of anilines is 6. The Balaban J connectivity index is 1.07. The van der Waals surface area contributed by atoms with Gasteiger partial charge >= 0.3 is 0 Å². The number of nitrogens with zero attached hydrogens (tertiary/aromatic N) is 2. The van der Waals surface area contributed by atoms with Gasteiger partial charge in [-0.15, -0.1) is 0 Å². The second kappa shape index (κ2) is 13.1. The van der Waals surface area contributed by atoms with Gasteiger partial charge in [-0.2, -0.15) is 0 Å². The lowest BCUT2D eigenvalue weighted by molar-refractivity contribution is 0.446. The fourth-order valence-electron chi connectivity index (χ4n) is 8.22. The van der Waals surface area contributed by atoms with E-state index in [-0.39, 0.29) is 0 Å². The molecule has 4 nitrogen and oxygen atoms in total. The van der Waals surface area contributed by atoms with Crippen LogP contribution in [0.5, 0.6) is 23.0 Å². The van der Waals surface area contributed by atoms with Crippen molar-refractivity contribution in [1.29, 1.82) is 0 Å². The highest BCUT2D eigenvalue weighted by atomic mass is 16.5. The normalized spacial score (nSPS) is 12.2. The molecule has 0 spiro atoms. The maximum Gasteiger partial charge on any atom is 0.156 e. The average Bonchev–Trinajstić information content (AvgIpc) is 3.27. The third-order valence-electron chi connectivity index (χ3n) is 10.8. The van der Waals surface area contributed by atoms with Crippen LogP contribution < -0.4 is 19.3 Å². The largest absolute Gasteiger partial charge is 0.453 e. The first-order valence-electron chi connectivity index (χ1n) is 18.9. The molecule has 0 N–H and O–H groups in total. The van der Waals surface area contributed by atoms with E-state index >= 15 is 0 Å². The molecule has 2 aliphatic rings. The first kappa shape index (κ1) is 31.9. The second-order valence-corrected chi connectivity index (χ2v) is 14.1. The third kappa shape index (κ3) is 5.31. The average molecular weight is 719 g/mol. The SMILES string of the molecule is c1ccc(-c2ccc(N(c3cccc(-c4cc5c6c(c4)Oc4ccccc4N6c4ccccc4O5)c3)c3ccc(-c4ccccc4)c4ccccc34)cc2)cc1. The van der Waals surface area contributed by atoms with E-state index in [0.717, 1.165) is 68.2 Å². The Kier molecular flexibility index (Phi) is 7.46. The first-order chi connectivity index (χ1) is 27.8. The lowest BCUT2D eigenvalue weighted by Gasteiger charge is -2.38. The lowest BCUT2D eigenvalue weighted by Crippen LogP contribution is -2.20. The van der Waals surface area contributed by atoms with Crippen molar-refractivity contribution in [3.63, 3.8) is 0 Å². The fraction of sp³-hybridized carbons (Fsp3) is 0. The number of rotatable bonds is 6. The third-order valence-corrected chi connectivity index (χ3v) is 10.8. The minimum atomic E-state index is 0.756. The highest BCUT2D eigenvalue weighted by Gasteiger charge is 2.35. The molecule has 0 aliphatic carbocycles. The zero-order valence-electron chi connectivity index (χ0n) is 30.3. The summed E-state index contributed by atoms with van der Waals surface area (Å²) < 4.78 is 13.3. The van der Waals surface area contributed by atoms with Gasteiger partial charge in [0, 0.05) is 16.8 Å². The smallest absolute Gasteiger partial charge is 0.156 e. The van der Waals surface area contributed by atoms with Gasteiger partial charge in [0.1, 0.15) is 5.69 Å². The molecule has 0 saturated carbocycles. The summed E-state index contributed by atoms with van der Waals surface area (Å²) in [6.07, 6.45) is 0. The predicted octanol–water partition coefficient (Wildman–Crippen LogP) is 15.0. The van der Waals surface area contributed by atoms with Crippen LogP contribution in [0.1, 0.15) is 0 Å². The minimum Gasteiger partial charge on any atom is -0.453 e. The Morgan fingerprint density at radius 3 is 1.57 bits per heavy atom. The Morgan fingerprint density at radius 1 is 0.339 bits per heavy atom. The number of benzene rings is 9. The van der Waals surface area contributed by atoms with Crippen LogP contribution in [0.3, 0.4) is 0 Å². The molecule has 0 saturated heterocycles. The molecule has 0 aromatic heterocycles. The van der Waals surface area contributed by atoms with Gasteiger partial charge in [-0.25, -0.2) is 0 Å². The number of fused-ring (bicyclic) bond motifs is 5. The molecule has 2 heterocycles. The topological polar surface area (TPSA) is 24.9 Å². The van der Waals surface area contributed by atoms with Crippen molar-refractivity contribution in [2.24, 2.45) is 0 Å². The van der Waals surface area contributed by atoms with Crippen molar-refractivity contribution in [2.75, 3.05) is 9.80 Å². The first-order valence-corrected chi connectivity index (χ1v) is 18.9. The molecule has 0 radical (unpaired) electrons. The van der Waals surface area contributed by atoms with Gasteiger partial charge in [0.25, 0.3) is 0 Å². The van der Waals surface area contributed by atoms with E-state index in [9.17, 15) is 0 Å². The van der Waals surface area contributed by atoms with Crippen LogP contribution in [-0.4, -0.2) is 0 Å². The Morgan fingerprint density at radius 2 is 0.893 bits per heavy atom. The van der Waals surface area contributed by atoms with E-state index in [1.807, 2.05) is 36.4 Å². The number of ether oxygens (including phenoxy) is 2. The molecule has 0 amide bonds. The molecule has 11 rings (SSSR count). The standard InChI is InChI=1S/C52H34N2O2/c1-3-14-35(15-4-1)36-26-28-40(29-27-36)53(45-31-30-42(37-16-5-2-6-17-37)43-20-7-8-21-44(43)45)41-19-13-18-38(32-41)39-33-50-52-51(34-39)56-49-25-12-10-23-47(49)54(52)46-22-9-11-24-48(46)55-50/h1-34H. The van der Waals surface area contributed by atoms with Gasteiger partial charge in [-0.3, -0.25) is 4.90 Å². The van der Waals surface area contributed by atoms with Crippen molar-refractivity contribution >= 4 is 44.9 Å². The number of para-hydroxylation sites is 4. The maximum absolute atomic E-state index is 6.63. The van der Waals surface area contributed by atoms with E-state index < -0.39 is 0 Å². The van der Waals surface area contributed by atoms with Gasteiger partial charge in [0.2, 0.25) is 0 Å². The monoisotopic (exact) mass is 718 g/mol. The van der Waals surface area contributed by atoms with Crippen LogP contribution in [0.15, 0.2) is 206 Å². The highest BCUT2D eigenvalue weighted by Crippen LogP contribution is 2.60. The van der Waals surface area contributed by atoms with Gasteiger partial charge in [0.15, 0.2) is 23.0 Å². The van der Waals surface area contributed by atoms with Gasteiger partial charge in [0.05, 0.1) is 17.1 Å². The van der Waals surface area contributed by atoms with E-state index in [0.29, 0.717) is 0 Å². The quantitative estimate of drug-likeness (QED) is 0.171. The van der Waals surface area contributed by atoms with Crippen LogP contribution in [0.25, 0.3) is 44.2 Å². The Hall–Kier alpha value is -7.56. The molecule has 0 unspecified atom stereocenters. The fourth-order valence-corrected chi connectivity index (χ4v) is 8.22. The van der Waals surface area contributed by atoms with E-state index in [1.165, 1.54) is 33.0 Å². The zero-order valence-corrected chi connectivity index (χ0v) is 30.3. The number of hydrogen-bond acceptors (Lipinski definition) is 4. The summed E-state index contributed by atoms with van der Waals surface area (Å²) in [6, 6.07) is 72.7. The molecule has 0 atom stereocenters. The maximum atomic E-state index is 6.63. The van der Waals surface area contributed by atoms with Gasteiger partial charge in [-0.1, -0.05) is 140 Å². The minimum absolute atomic E-state index is 0.756. The van der Waals surface area contributed by atoms with Crippen LogP contribution in [0.4, 0.5) is 34.1 Å². The molecule has 0 fully saturated rings. The van der Waals surface area contributed by atoms with E-state index in [4.69, 9.17) is 9.47 Å². The summed E-state index contributed by atoms with van der Waals surface area (Å²) in [4.78, 5) is 4.63. The predicted molar refractivity (Wildman–Crippen MR) is 230 cm³/mol. The van der Waals surface area contributed by atoms with Crippen LogP contribution in [0, 0.1) is 0 Å². The summed E-state index contributed by atoms with van der Waals surface area (Å²) >= 11 is 0. The summed E-state index contributed by atoms with van der Waals surface area (Å²) in [6.45, 7) is 0. The van der Waals surface area contributed by atoms with E-state index in [1.54, 1.807) is 0 Å². The van der Waals surface area contributed by atoms with Crippen LogP contribution >= 0.6 is 0 Å². The van der Waals surface area contributed by atoms with Gasteiger partial charge < -0.3 is 14.4 Å². The Labute approximate surface area is 325 Å². The molecule has 4 heteroatoms. The van der Waals surface area contributed by atoms with Crippen molar-refractivity contribution in [3.05, 3.63) is 206 Å². The summed E-state index contributed by atoms with van der Waals surface area (Å²) in [5, 5.41) is 2.37. The lowest BCUT2D eigenvalue weighted by atomic mass is 9.96. The van der Waals surface area contributed by atoms with E-state index in [2.05, 4.69) is 180 Å². The molecule has 2 aliphatic heterocycles. The summed E-state index contributed by atoms with van der Waals surface area (Å²) in [5.74, 6) is 3.13. The highest BCUT2D eigenvalue weighted by molar-refractivity contribution is 6.06.